The smallest absolute Gasteiger partial charge is 0.306 e. The highest BCUT2D eigenvalue weighted by Crippen LogP contribution is 2.19. The van der Waals surface area contributed by atoms with E-state index in [0.29, 0.717) is 17.4 Å². The summed E-state index contributed by atoms with van der Waals surface area (Å²) < 4.78 is 22.8. The van der Waals surface area contributed by atoms with Crippen LogP contribution in [0, 0.1) is 0 Å². The van der Waals surface area contributed by atoms with Crippen molar-refractivity contribution in [3.8, 4) is 0 Å². The summed E-state index contributed by atoms with van der Waals surface area (Å²) in [5, 5.41) is 11.8. The highest BCUT2D eigenvalue weighted by molar-refractivity contribution is 5.70. The summed E-state index contributed by atoms with van der Waals surface area (Å²) >= 11 is 0. The molecule has 0 aliphatic rings. The van der Waals surface area contributed by atoms with Crippen molar-refractivity contribution in [2.45, 2.75) is 347 Å². The number of carboxylic acids is 1. The number of likely N-dealkylation sites (N-methyl/N-ethyl adjacent to an activating group) is 1. The summed E-state index contributed by atoms with van der Waals surface area (Å²) in [5.41, 5.74) is 0. The van der Waals surface area contributed by atoms with Gasteiger partial charge in [0, 0.05) is 12.8 Å². The van der Waals surface area contributed by atoms with Crippen molar-refractivity contribution >= 4 is 17.9 Å². The Morgan fingerprint density at radius 2 is 0.616 bits per heavy atom. The van der Waals surface area contributed by atoms with Gasteiger partial charge in [-0.1, -0.05) is 309 Å². The van der Waals surface area contributed by atoms with Crippen molar-refractivity contribution in [2.24, 2.45) is 0 Å². The predicted molar refractivity (Wildman–Crippen MR) is 307 cm³/mol. The minimum atomic E-state index is -1.61. The molecule has 0 fully saturated rings. The van der Waals surface area contributed by atoms with E-state index in [4.69, 9.17) is 18.9 Å². The Labute approximate surface area is 453 Å². The fourth-order valence-corrected chi connectivity index (χ4v) is 9.89. The number of unbranched alkanes of at least 4 members (excludes halogenated alkanes) is 46. The molecule has 2 atom stereocenters. The standard InChI is InChI=1S/C64H125NO8/c1-6-8-10-12-14-16-18-20-22-24-26-28-30-31-33-35-37-39-41-43-45-47-49-51-53-55-62(67)73-60(59-72-64(63(68)69)70-57-56-65(3,4)5)58-71-61(66)54-52-50-48-46-44-42-40-38-36-34-32-29-27-25-23-21-19-17-15-13-11-9-7-2/h60,64H,6-59H2,1-5H3. The highest BCUT2D eigenvalue weighted by Gasteiger charge is 2.22. The zero-order valence-electron chi connectivity index (χ0n) is 49.6. The van der Waals surface area contributed by atoms with Crippen molar-refractivity contribution in [2.75, 3.05) is 47.5 Å². The molecule has 0 N–H and O–H groups in total. The van der Waals surface area contributed by atoms with Gasteiger partial charge in [-0.25, -0.2) is 0 Å². The van der Waals surface area contributed by atoms with Crippen molar-refractivity contribution < 1.29 is 42.9 Å². The van der Waals surface area contributed by atoms with Gasteiger partial charge in [0.25, 0.3) is 0 Å². The Kier molecular flexibility index (Phi) is 55.2. The molecule has 0 aromatic heterocycles. The van der Waals surface area contributed by atoms with Crippen LogP contribution in [0.1, 0.15) is 335 Å². The van der Waals surface area contributed by atoms with E-state index in [0.717, 1.165) is 38.5 Å². The maximum absolute atomic E-state index is 12.9. The molecular weight excluding hydrogens is 911 g/mol. The average Bonchev–Trinajstić information content (AvgIpc) is 3.36. The van der Waals surface area contributed by atoms with Crippen LogP contribution >= 0.6 is 0 Å². The van der Waals surface area contributed by atoms with Crippen molar-refractivity contribution in [3.05, 3.63) is 0 Å². The molecule has 0 saturated carbocycles. The Hall–Kier alpha value is -1.71. The first-order chi connectivity index (χ1) is 35.6. The third kappa shape index (κ3) is 57.8. The second kappa shape index (κ2) is 56.5. The van der Waals surface area contributed by atoms with Gasteiger partial charge in [0.2, 0.25) is 0 Å². The largest absolute Gasteiger partial charge is 0.545 e. The summed E-state index contributed by atoms with van der Waals surface area (Å²) in [6, 6.07) is 0. The van der Waals surface area contributed by atoms with Gasteiger partial charge in [-0.15, -0.1) is 0 Å². The summed E-state index contributed by atoms with van der Waals surface area (Å²) in [5.74, 6) is -2.25. The number of hydrogen-bond acceptors (Lipinski definition) is 8. The van der Waals surface area contributed by atoms with Crippen LogP contribution in [-0.2, 0) is 33.3 Å². The van der Waals surface area contributed by atoms with E-state index in [1.807, 2.05) is 21.1 Å². The number of carboxylic acid groups (broad SMARTS) is 1. The van der Waals surface area contributed by atoms with Crippen molar-refractivity contribution in [1.82, 2.24) is 0 Å². The van der Waals surface area contributed by atoms with Crippen LogP contribution in [-0.4, -0.2) is 82.3 Å². The predicted octanol–water partition coefficient (Wildman–Crippen LogP) is 17.8. The van der Waals surface area contributed by atoms with Gasteiger partial charge in [-0.05, 0) is 12.8 Å². The summed E-state index contributed by atoms with van der Waals surface area (Å²) in [7, 11) is 5.94. The maximum Gasteiger partial charge on any atom is 0.306 e. The lowest BCUT2D eigenvalue weighted by Crippen LogP contribution is -2.44. The van der Waals surface area contributed by atoms with Gasteiger partial charge in [0.15, 0.2) is 12.4 Å². The highest BCUT2D eigenvalue weighted by atomic mass is 16.7. The van der Waals surface area contributed by atoms with E-state index in [1.54, 1.807) is 0 Å². The summed E-state index contributed by atoms with van der Waals surface area (Å²) in [4.78, 5) is 37.4. The summed E-state index contributed by atoms with van der Waals surface area (Å²) in [6.45, 7) is 4.83. The fraction of sp³-hybridized carbons (Fsp3) is 0.953. The second-order valence-corrected chi connectivity index (χ2v) is 23.4. The van der Waals surface area contributed by atoms with Crippen LogP contribution in [0.15, 0.2) is 0 Å². The van der Waals surface area contributed by atoms with E-state index >= 15 is 0 Å². The molecule has 2 unspecified atom stereocenters. The van der Waals surface area contributed by atoms with Crippen LogP contribution in [0.5, 0.6) is 0 Å². The van der Waals surface area contributed by atoms with Gasteiger partial charge in [0.05, 0.1) is 40.3 Å². The van der Waals surface area contributed by atoms with Gasteiger partial charge in [-0.2, -0.15) is 0 Å². The summed E-state index contributed by atoms with van der Waals surface area (Å²) in [6.07, 6.45) is 61.7. The first kappa shape index (κ1) is 71.3. The molecule has 0 heterocycles. The lowest BCUT2D eigenvalue weighted by Gasteiger charge is -2.26. The molecule has 0 bridgehead atoms. The zero-order chi connectivity index (χ0) is 53.4. The number of aliphatic carboxylic acids is 1. The minimum absolute atomic E-state index is 0.154. The number of carbonyl (C=O) groups is 3. The van der Waals surface area contributed by atoms with Crippen LogP contribution in [0.25, 0.3) is 0 Å². The number of carbonyl (C=O) groups excluding carboxylic acids is 3. The van der Waals surface area contributed by atoms with Crippen molar-refractivity contribution in [3.63, 3.8) is 0 Å². The molecule has 9 nitrogen and oxygen atoms in total. The average molecular weight is 1040 g/mol. The topological polar surface area (TPSA) is 111 Å². The number of nitrogens with zero attached hydrogens (tertiary/aromatic N) is 1. The van der Waals surface area contributed by atoms with E-state index in [2.05, 4.69) is 13.8 Å². The van der Waals surface area contributed by atoms with E-state index in [1.165, 1.54) is 270 Å². The third-order valence-electron chi connectivity index (χ3n) is 14.9. The van der Waals surface area contributed by atoms with Gasteiger partial charge >= 0.3 is 11.9 Å². The van der Waals surface area contributed by atoms with Crippen LogP contribution in [0.2, 0.25) is 0 Å². The quantitative estimate of drug-likeness (QED) is 0.0256. The maximum atomic E-state index is 12.9. The molecule has 0 aromatic carbocycles. The molecule has 0 radical (unpaired) electrons. The number of esters is 2. The van der Waals surface area contributed by atoms with Gasteiger partial charge in [0.1, 0.15) is 13.2 Å². The number of quaternary nitrogens is 1. The number of rotatable bonds is 61. The third-order valence-corrected chi connectivity index (χ3v) is 14.9. The first-order valence-corrected chi connectivity index (χ1v) is 32.2. The minimum Gasteiger partial charge on any atom is -0.545 e. The van der Waals surface area contributed by atoms with E-state index < -0.39 is 24.3 Å². The molecular formula is C64H125NO8. The lowest BCUT2D eigenvalue weighted by atomic mass is 10.0. The SMILES string of the molecule is CCCCCCCCCCCCCCCCCCCCCCCCCCCC(=O)OC(COC(=O)CCCCCCCCCCCCCCCCCCCCCCCCC)COC(OCC[N+](C)(C)C)C(=O)[O-]. The Morgan fingerprint density at radius 1 is 0.356 bits per heavy atom. The number of ether oxygens (including phenoxy) is 4. The molecule has 0 aliphatic carbocycles. The van der Waals surface area contributed by atoms with Gasteiger partial charge < -0.3 is 33.3 Å². The molecule has 0 aliphatic heterocycles. The normalized spacial score (nSPS) is 12.6. The molecule has 0 aromatic rings. The molecule has 0 amide bonds. The fourth-order valence-electron chi connectivity index (χ4n) is 9.89. The molecule has 0 spiro atoms. The molecule has 0 saturated heterocycles. The Morgan fingerprint density at radius 3 is 0.877 bits per heavy atom. The molecule has 0 rings (SSSR count). The lowest BCUT2D eigenvalue weighted by molar-refractivity contribution is -0.870. The second-order valence-electron chi connectivity index (χ2n) is 23.4. The number of hydrogen-bond donors (Lipinski definition) is 0. The van der Waals surface area contributed by atoms with Crippen LogP contribution in [0.3, 0.4) is 0 Å². The zero-order valence-corrected chi connectivity index (χ0v) is 49.6. The van der Waals surface area contributed by atoms with E-state index in [9.17, 15) is 19.5 Å². The van der Waals surface area contributed by atoms with E-state index in [-0.39, 0.29) is 32.2 Å². The monoisotopic (exact) mass is 1040 g/mol. The van der Waals surface area contributed by atoms with Crippen LogP contribution < -0.4 is 5.11 Å². The first-order valence-electron chi connectivity index (χ1n) is 32.2. The van der Waals surface area contributed by atoms with Gasteiger partial charge in [-0.3, -0.25) is 9.59 Å². The Bertz CT molecular complexity index is 1160. The molecule has 434 valence electrons. The molecule has 9 heteroatoms. The molecule has 73 heavy (non-hydrogen) atoms. The van der Waals surface area contributed by atoms with Crippen LogP contribution in [0.4, 0.5) is 0 Å². The Balaban J connectivity index is 4.11. The van der Waals surface area contributed by atoms with Crippen molar-refractivity contribution in [1.29, 1.82) is 0 Å².